The number of aliphatic carboxylic acids is 1. The SMILES string of the molecule is NC(=O)CC[C@@H](NC(=O)NC1CCC(=O)NC1)C(=O)O. The van der Waals surface area contributed by atoms with E-state index in [4.69, 9.17) is 10.8 Å². The summed E-state index contributed by atoms with van der Waals surface area (Å²) in [6.07, 6.45) is 0.615. The second-order valence-electron chi connectivity index (χ2n) is 4.55. The van der Waals surface area contributed by atoms with Crippen LogP contribution in [-0.4, -0.2) is 47.5 Å². The third-order valence-electron chi connectivity index (χ3n) is 2.88. The molecule has 1 rings (SSSR count). The van der Waals surface area contributed by atoms with Crippen LogP contribution in [0.4, 0.5) is 4.79 Å². The van der Waals surface area contributed by atoms with Crippen LogP contribution in [0.3, 0.4) is 0 Å². The van der Waals surface area contributed by atoms with Crippen LogP contribution < -0.4 is 21.7 Å². The summed E-state index contributed by atoms with van der Waals surface area (Å²) in [6, 6.07) is -2.07. The second-order valence-corrected chi connectivity index (χ2v) is 4.55. The van der Waals surface area contributed by atoms with Crippen molar-refractivity contribution in [1.82, 2.24) is 16.0 Å². The quantitative estimate of drug-likeness (QED) is 0.393. The molecule has 20 heavy (non-hydrogen) atoms. The molecule has 0 spiro atoms. The molecule has 1 heterocycles. The molecule has 0 saturated carbocycles. The van der Waals surface area contributed by atoms with Gasteiger partial charge >= 0.3 is 12.0 Å². The summed E-state index contributed by atoms with van der Waals surface area (Å²) in [5.41, 5.74) is 4.93. The molecular formula is C11H18N4O5. The third kappa shape index (κ3) is 5.55. The third-order valence-corrected chi connectivity index (χ3v) is 2.88. The molecule has 0 bridgehead atoms. The number of rotatable bonds is 6. The zero-order valence-corrected chi connectivity index (χ0v) is 10.8. The van der Waals surface area contributed by atoms with Gasteiger partial charge in [0.2, 0.25) is 11.8 Å². The maximum Gasteiger partial charge on any atom is 0.326 e. The zero-order valence-electron chi connectivity index (χ0n) is 10.8. The largest absolute Gasteiger partial charge is 0.480 e. The summed E-state index contributed by atoms with van der Waals surface area (Å²) in [7, 11) is 0. The van der Waals surface area contributed by atoms with Crippen LogP contribution in [-0.2, 0) is 14.4 Å². The number of hydrogen-bond acceptors (Lipinski definition) is 4. The lowest BCUT2D eigenvalue weighted by Gasteiger charge is -2.24. The van der Waals surface area contributed by atoms with E-state index in [0.717, 1.165) is 0 Å². The average Bonchev–Trinajstić information content (AvgIpc) is 2.36. The molecule has 112 valence electrons. The summed E-state index contributed by atoms with van der Waals surface area (Å²) < 4.78 is 0. The first-order chi connectivity index (χ1) is 9.38. The molecule has 0 aliphatic carbocycles. The van der Waals surface area contributed by atoms with Crippen LogP contribution in [0, 0.1) is 0 Å². The highest BCUT2D eigenvalue weighted by Crippen LogP contribution is 2.03. The Bertz CT molecular complexity index is 402. The van der Waals surface area contributed by atoms with Crippen molar-refractivity contribution >= 4 is 23.8 Å². The van der Waals surface area contributed by atoms with Crippen LogP contribution in [0.1, 0.15) is 25.7 Å². The molecule has 1 aliphatic rings. The van der Waals surface area contributed by atoms with E-state index in [-0.39, 0.29) is 24.8 Å². The molecule has 6 N–H and O–H groups in total. The van der Waals surface area contributed by atoms with Crippen molar-refractivity contribution in [1.29, 1.82) is 0 Å². The molecule has 9 heteroatoms. The number of nitrogens with one attached hydrogen (secondary N) is 3. The van der Waals surface area contributed by atoms with Gasteiger partial charge in [0, 0.05) is 25.4 Å². The molecule has 0 aromatic carbocycles. The minimum absolute atomic E-state index is 0.0700. The maximum absolute atomic E-state index is 11.6. The van der Waals surface area contributed by atoms with E-state index in [0.29, 0.717) is 19.4 Å². The first-order valence-corrected chi connectivity index (χ1v) is 6.23. The van der Waals surface area contributed by atoms with Crippen molar-refractivity contribution in [3.8, 4) is 0 Å². The molecule has 4 amide bonds. The van der Waals surface area contributed by atoms with E-state index < -0.39 is 23.9 Å². The van der Waals surface area contributed by atoms with Gasteiger partial charge in [0.25, 0.3) is 0 Å². The summed E-state index contributed by atoms with van der Waals surface area (Å²) in [5.74, 6) is -1.94. The van der Waals surface area contributed by atoms with E-state index in [9.17, 15) is 19.2 Å². The van der Waals surface area contributed by atoms with Gasteiger partial charge in [0.05, 0.1) is 0 Å². The predicted molar refractivity (Wildman–Crippen MR) is 67.6 cm³/mol. The van der Waals surface area contributed by atoms with E-state index in [1.54, 1.807) is 0 Å². The number of carboxylic acids is 1. The van der Waals surface area contributed by atoms with Gasteiger partial charge in [-0.05, 0) is 12.8 Å². The van der Waals surface area contributed by atoms with Crippen molar-refractivity contribution in [3.05, 3.63) is 0 Å². The van der Waals surface area contributed by atoms with E-state index in [1.807, 2.05) is 0 Å². The molecule has 0 aromatic heterocycles. The summed E-state index contributed by atoms with van der Waals surface area (Å²) in [6.45, 7) is 0.311. The summed E-state index contributed by atoms with van der Waals surface area (Å²) >= 11 is 0. The molecule has 1 unspecified atom stereocenters. The Balaban J connectivity index is 2.39. The number of nitrogens with two attached hydrogens (primary N) is 1. The van der Waals surface area contributed by atoms with Gasteiger partial charge < -0.3 is 26.8 Å². The Morgan fingerprint density at radius 2 is 2.15 bits per heavy atom. The summed E-state index contributed by atoms with van der Waals surface area (Å²) in [4.78, 5) is 44.1. The van der Waals surface area contributed by atoms with E-state index >= 15 is 0 Å². The van der Waals surface area contributed by atoms with Crippen molar-refractivity contribution < 1.29 is 24.3 Å². The molecule has 1 saturated heterocycles. The normalized spacial score (nSPS) is 19.6. The Kier molecular flexibility index (Phi) is 5.75. The highest BCUT2D eigenvalue weighted by atomic mass is 16.4. The fraction of sp³-hybridized carbons (Fsp3) is 0.636. The number of urea groups is 1. The lowest BCUT2D eigenvalue weighted by atomic mass is 10.1. The monoisotopic (exact) mass is 286 g/mol. The molecule has 0 radical (unpaired) electrons. The predicted octanol–water partition coefficient (Wildman–Crippen LogP) is -1.72. The van der Waals surface area contributed by atoms with Crippen LogP contribution >= 0.6 is 0 Å². The highest BCUT2D eigenvalue weighted by molar-refractivity contribution is 5.84. The van der Waals surface area contributed by atoms with Gasteiger partial charge in [0.15, 0.2) is 0 Å². The number of primary amides is 1. The fourth-order valence-corrected chi connectivity index (χ4v) is 1.79. The van der Waals surface area contributed by atoms with Gasteiger partial charge in [-0.3, -0.25) is 9.59 Å². The van der Waals surface area contributed by atoms with Crippen LogP contribution in [0.25, 0.3) is 0 Å². The second kappa shape index (κ2) is 7.31. The average molecular weight is 286 g/mol. The van der Waals surface area contributed by atoms with E-state index in [2.05, 4.69) is 16.0 Å². The van der Waals surface area contributed by atoms with Crippen molar-refractivity contribution in [2.75, 3.05) is 6.54 Å². The molecule has 9 nitrogen and oxygen atoms in total. The Hall–Kier alpha value is -2.32. The van der Waals surface area contributed by atoms with Crippen LogP contribution in [0.5, 0.6) is 0 Å². The van der Waals surface area contributed by atoms with Crippen molar-refractivity contribution in [2.45, 2.75) is 37.8 Å². The number of carbonyl (C=O) groups is 4. The van der Waals surface area contributed by atoms with Gasteiger partial charge in [-0.1, -0.05) is 0 Å². The van der Waals surface area contributed by atoms with Gasteiger partial charge in [-0.25, -0.2) is 9.59 Å². The van der Waals surface area contributed by atoms with Crippen molar-refractivity contribution in [3.63, 3.8) is 0 Å². The zero-order chi connectivity index (χ0) is 15.1. The number of carbonyl (C=O) groups excluding carboxylic acids is 3. The Morgan fingerprint density at radius 3 is 2.65 bits per heavy atom. The van der Waals surface area contributed by atoms with Gasteiger partial charge in [0.1, 0.15) is 6.04 Å². The highest BCUT2D eigenvalue weighted by Gasteiger charge is 2.23. The number of carboxylic acid groups (broad SMARTS) is 1. The molecule has 1 fully saturated rings. The Labute approximate surface area is 115 Å². The van der Waals surface area contributed by atoms with Crippen LogP contribution in [0.2, 0.25) is 0 Å². The first-order valence-electron chi connectivity index (χ1n) is 6.23. The number of hydrogen-bond donors (Lipinski definition) is 5. The standard InChI is InChI=1S/C11H18N4O5/c12-8(16)3-2-7(10(18)19)15-11(20)14-6-1-4-9(17)13-5-6/h6-7H,1-5H2,(H2,12,16)(H,13,17)(H,18,19)(H2,14,15,20)/t6?,7-/m1/s1. The summed E-state index contributed by atoms with van der Waals surface area (Å²) in [5, 5.41) is 16.3. The Morgan fingerprint density at radius 1 is 1.45 bits per heavy atom. The number of piperidine rings is 1. The fourth-order valence-electron chi connectivity index (χ4n) is 1.79. The van der Waals surface area contributed by atoms with Gasteiger partial charge in [-0.15, -0.1) is 0 Å². The lowest BCUT2D eigenvalue weighted by molar-refractivity contribution is -0.139. The first kappa shape index (κ1) is 15.7. The molecular weight excluding hydrogens is 268 g/mol. The van der Waals surface area contributed by atoms with E-state index in [1.165, 1.54) is 0 Å². The smallest absolute Gasteiger partial charge is 0.326 e. The van der Waals surface area contributed by atoms with Crippen LogP contribution in [0.15, 0.2) is 0 Å². The molecule has 0 aromatic rings. The minimum Gasteiger partial charge on any atom is -0.480 e. The molecule has 1 aliphatic heterocycles. The topological polar surface area (TPSA) is 151 Å². The minimum atomic E-state index is -1.24. The van der Waals surface area contributed by atoms with Crippen molar-refractivity contribution in [2.24, 2.45) is 5.73 Å². The molecule has 2 atom stereocenters. The lowest BCUT2D eigenvalue weighted by Crippen LogP contribution is -2.53. The van der Waals surface area contributed by atoms with Gasteiger partial charge in [-0.2, -0.15) is 0 Å². The number of amides is 4. The maximum atomic E-state index is 11.6.